The maximum absolute atomic E-state index is 13.6. The van der Waals surface area contributed by atoms with Crippen molar-refractivity contribution in [1.29, 1.82) is 0 Å². The number of hydrogen-bond donors (Lipinski definition) is 1. The summed E-state index contributed by atoms with van der Waals surface area (Å²) in [5.74, 6) is -0.143. The number of nitrogens with zero attached hydrogens (tertiary/aromatic N) is 1. The molecule has 1 fully saturated rings. The summed E-state index contributed by atoms with van der Waals surface area (Å²) in [7, 11) is 1.59. The minimum Gasteiger partial charge on any atom is -0.497 e. The van der Waals surface area contributed by atoms with E-state index in [1.165, 1.54) is 11.3 Å². The summed E-state index contributed by atoms with van der Waals surface area (Å²) in [4.78, 5) is 28.1. The average molecular weight is 463 g/mol. The minimum absolute atomic E-state index is 0.112. The van der Waals surface area contributed by atoms with Gasteiger partial charge < -0.3 is 10.1 Å². The van der Waals surface area contributed by atoms with Gasteiger partial charge in [0.2, 0.25) is 11.8 Å². The Labute approximate surface area is 193 Å². The van der Waals surface area contributed by atoms with Gasteiger partial charge in [0.15, 0.2) is 0 Å². The fraction of sp³-hybridized carbons (Fsp3) is 0.417. The third-order valence-electron chi connectivity index (χ3n) is 5.69. The lowest BCUT2D eigenvalue weighted by molar-refractivity contribution is -0.126. The number of nitrogens with one attached hydrogen (secondary N) is 1. The molecule has 31 heavy (non-hydrogen) atoms. The molecule has 2 amide bonds. The van der Waals surface area contributed by atoms with Gasteiger partial charge in [0.1, 0.15) is 17.7 Å². The van der Waals surface area contributed by atoms with Gasteiger partial charge in [-0.15, -0.1) is 11.6 Å². The molecule has 0 saturated heterocycles. The van der Waals surface area contributed by atoms with Crippen molar-refractivity contribution in [3.63, 3.8) is 0 Å². The van der Waals surface area contributed by atoms with E-state index in [1.54, 1.807) is 37.4 Å². The fourth-order valence-electron chi connectivity index (χ4n) is 4.10. The molecule has 1 aliphatic carbocycles. The smallest absolute Gasteiger partial charge is 0.248 e. The van der Waals surface area contributed by atoms with Crippen molar-refractivity contribution in [2.75, 3.05) is 17.9 Å². The lowest BCUT2D eigenvalue weighted by atomic mass is 9.94. The molecule has 1 saturated carbocycles. The molecule has 0 bridgehead atoms. The quantitative estimate of drug-likeness (QED) is 0.558. The van der Waals surface area contributed by atoms with E-state index >= 15 is 0 Å². The first-order valence-corrected chi connectivity index (χ1v) is 11.4. The number of methoxy groups -OCH3 is 1. The maximum Gasteiger partial charge on any atom is 0.248 e. The Morgan fingerprint density at radius 1 is 1.13 bits per heavy atom. The zero-order valence-corrected chi connectivity index (χ0v) is 19.4. The summed E-state index contributed by atoms with van der Waals surface area (Å²) in [5.41, 5.74) is 2.08. The second-order valence-electron chi connectivity index (χ2n) is 7.85. The van der Waals surface area contributed by atoms with E-state index in [0.717, 1.165) is 31.2 Å². The van der Waals surface area contributed by atoms with Gasteiger partial charge >= 0.3 is 0 Å². The molecule has 1 atom stereocenters. The van der Waals surface area contributed by atoms with E-state index in [9.17, 15) is 9.59 Å². The van der Waals surface area contributed by atoms with Crippen molar-refractivity contribution in [3.8, 4) is 5.75 Å². The topological polar surface area (TPSA) is 58.6 Å². The number of benzene rings is 2. The second kappa shape index (κ2) is 10.9. The molecule has 1 N–H and O–H groups in total. The molecule has 0 radical (unpaired) electrons. The molecule has 0 aromatic heterocycles. The molecule has 7 heteroatoms. The lowest BCUT2D eigenvalue weighted by Crippen LogP contribution is -2.48. The van der Waals surface area contributed by atoms with Crippen LogP contribution in [-0.2, 0) is 9.59 Å². The van der Waals surface area contributed by atoms with Crippen LogP contribution in [0, 0.1) is 6.92 Å². The Balaban J connectivity index is 2.05. The standard InChI is InChI=1S/C24H28Cl2N2O3/c1-16-14-18(26)10-13-21(16)28(22(29)15-25)23(17-8-11-20(31-2)12-9-17)24(30)27-19-6-4-3-5-7-19/h8-14,19,23H,3-7,15H2,1-2H3,(H,27,30)/t23-/m0/s1. The number of halogens is 2. The highest BCUT2D eigenvalue weighted by Crippen LogP contribution is 2.33. The number of ether oxygens (including phenoxy) is 1. The molecule has 3 rings (SSSR count). The highest BCUT2D eigenvalue weighted by Gasteiger charge is 2.34. The van der Waals surface area contributed by atoms with E-state index in [0.29, 0.717) is 22.0 Å². The van der Waals surface area contributed by atoms with Gasteiger partial charge in [0, 0.05) is 16.8 Å². The third kappa shape index (κ3) is 5.72. The van der Waals surface area contributed by atoms with Crippen molar-refractivity contribution in [1.82, 2.24) is 5.32 Å². The van der Waals surface area contributed by atoms with Gasteiger partial charge in [0.25, 0.3) is 0 Å². The molecule has 2 aromatic rings. The van der Waals surface area contributed by atoms with Crippen LogP contribution in [0.3, 0.4) is 0 Å². The highest BCUT2D eigenvalue weighted by molar-refractivity contribution is 6.31. The van der Waals surface area contributed by atoms with Gasteiger partial charge in [-0.25, -0.2) is 0 Å². The van der Waals surface area contributed by atoms with Gasteiger partial charge in [0.05, 0.1) is 7.11 Å². The van der Waals surface area contributed by atoms with E-state index < -0.39 is 6.04 Å². The summed E-state index contributed by atoms with van der Waals surface area (Å²) >= 11 is 12.1. The molecular weight excluding hydrogens is 435 g/mol. The van der Waals surface area contributed by atoms with Crippen molar-refractivity contribution in [2.24, 2.45) is 0 Å². The normalized spacial score (nSPS) is 15.2. The number of aryl methyl sites for hydroxylation is 1. The Kier molecular flexibility index (Phi) is 8.22. The van der Waals surface area contributed by atoms with E-state index in [4.69, 9.17) is 27.9 Å². The van der Waals surface area contributed by atoms with Crippen molar-refractivity contribution in [3.05, 3.63) is 58.6 Å². The summed E-state index contributed by atoms with van der Waals surface area (Å²) in [6, 6.07) is 11.7. The van der Waals surface area contributed by atoms with Gasteiger partial charge in [-0.2, -0.15) is 0 Å². The van der Waals surface area contributed by atoms with E-state index in [-0.39, 0.29) is 23.7 Å². The highest BCUT2D eigenvalue weighted by atomic mass is 35.5. The molecular formula is C24H28Cl2N2O3. The summed E-state index contributed by atoms with van der Waals surface area (Å²) in [6.07, 6.45) is 5.28. The van der Waals surface area contributed by atoms with E-state index in [1.807, 2.05) is 19.1 Å². The van der Waals surface area contributed by atoms with Crippen molar-refractivity contribution in [2.45, 2.75) is 51.1 Å². The first kappa shape index (κ1) is 23.4. The summed E-state index contributed by atoms with van der Waals surface area (Å²) in [5, 5.41) is 3.74. The Morgan fingerprint density at radius 2 is 1.81 bits per heavy atom. The molecule has 0 spiro atoms. The zero-order chi connectivity index (χ0) is 22.4. The number of hydrogen-bond acceptors (Lipinski definition) is 3. The maximum atomic E-state index is 13.6. The largest absolute Gasteiger partial charge is 0.497 e. The second-order valence-corrected chi connectivity index (χ2v) is 8.55. The fourth-order valence-corrected chi connectivity index (χ4v) is 4.46. The molecule has 166 valence electrons. The number of amides is 2. The average Bonchev–Trinajstić information content (AvgIpc) is 2.78. The van der Waals surface area contributed by atoms with Gasteiger partial charge in [-0.3, -0.25) is 14.5 Å². The molecule has 0 unspecified atom stereocenters. The number of alkyl halides is 1. The molecule has 0 aliphatic heterocycles. The van der Waals surface area contributed by atoms with Crippen LogP contribution in [0.15, 0.2) is 42.5 Å². The van der Waals surface area contributed by atoms with Crippen molar-refractivity contribution >= 4 is 40.7 Å². The number of anilines is 1. The Morgan fingerprint density at radius 3 is 2.39 bits per heavy atom. The van der Waals surface area contributed by atoms with Gasteiger partial charge in [-0.05, 0) is 61.2 Å². The molecule has 0 heterocycles. The van der Waals surface area contributed by atoms with Crippen molar-refractivity contribution < 1.29 is 14.3 Å². The first-order valence-electron chi connectivity index (χ1n) is 10.5. The van der Waals surface area contributed by atoms with Crippen LogP contribution in [-0.4, -0.2) is 30.8 Å². The number of carbonyl (C=O) groups excluding carboxylic acids is 2. The number of rotatable bonds is 7. The lowest BCUT2D eigenvalue weighted by Gasteiger charge is -2.34. The van der Waals surface area contributed by atoms with Gasteiger partial charge in [-0.1, -0.05) is 43.0 Å². The third-order valence-corrected chi connectivity index (χ3v) is 6.15. The van der Waals surface area contributed by atoms with E-state index in [2.05, 4.69) is 5.32 Å². The Bertz CT molecular complexity index is 912. The zero-order valence-electron chi connectivity index (χ0n) is 17.9. The predicted octanol–water partition coefficient (Wildman–Crippen LogP) is 5.42. The first-order chi connectivity index (χ1) is 14.9. The SMILES string of the molecule is COc1ccc([C@@H](C(=O)NC2CCCCC2)N(C(=O)CCl)c2ccc(Cl)cc2C)cc1. The monoisotopic (exact) mass is 462 g/mol. The molecule has 5 nitrogen and oxygen atoms in total. The summed E-state index contributed by atoms with van der Waals surface area (Å²) < 4.78 is 5.26. The Hall–Kier alpha value is -2.24. The van der Waals surface area contributed by atoms with Crippen LogP contribution in [0.2, 0.25) is 5.02 Å². The molecule has 1 aliphatic rings. The molecule has 2 aromatic carbocycles. The van der Waals surface area contributed by atoms with Crippen LogP contribution in [0.4, 0.5) is 5.69 Å². The van der Waals surface area contributed by atoms with Crippen LogP contribution >= 0.6 is 23.2 Å². The minimum atomic E-state index is -0.862. The van der Waals surface area contributed by atoms with Crippen LogP contribution in [0.1, 0.15) is 49.3 Å². The predicted molar refractivity (Wildman–Crippen MR) is 125 cm³/mol. The van der Waals surface area contributed by atoms with Crippen LogP contribution < -0.4 is 15.0 Å². The van der Waals surface area contributed by atoms with Crippen LogP contribution in [0.25, 0.3) is 0 Å². The summed E-state index contributed by atoms with van der Waals surface area (Å²) in [6.45, 7) is 1.86. The number of carbonyl (C=O) groups is 2. The van der Waals surface area contributed by atoms with Crippen LogP contribution in [0.5, 0.6) is 5.75 Å².